The van der Waals surface area contributed by atoms with Crippen LogP contribution in [0, 0.1) is 0 Å². The van der Waals surface area contributed by atoms with Crippen LogP contribution in [0.15, 0.2) is 48.6 Å². The van der Waals surface area contributed by atoms with Gasteiger partial charge in [-0.05, 0) is 70.6 Å². The van der Waals surface area contributed by atoms with E-state index in [1.165, 1.54) is 212 Å². The first-order chi connectivity index (χ1) is 33.5. The van der Waals surface area contributed by atoms with Crippen LogP contribution in [0.1, 0.15) is 277 Å². The molecule has 0 fully saturated rings. The van der Waals surface area contributed by atoms with Crippen molar-refractivity contribution >= 4 is 13.7 Å². The van der Waals surface area contributed by atoms with E-state index in [-0.39, 0.29) is 12.5 Å². The lowest BCUT2D eigenvalue weighted by Gasteiger charge is -2.29. The fourth-order valence-corrected chi connectivity index (χ4v) is 9.32. The molecule has 8 nitrogen and oxygen atoms in total. The molecule has 0 aliphatic carbocycles. The number of phosphoric acid groups is 1. The molecule has 69 heavy (non-hydrogen) atoms. The minimum absolute atomic E-state index is 0.0102. The summed E-state index contributed by atoms with van der Waals surface area (Å²) in [6.07, 6.45) is 67.7. The maximum atomic E-state index is 13.0. The predicted octanol–water partition coefficient (Wildman–Crippen LogP) is 17.3. The third kappa shape index (κ3) is 54.1. The van der Waals surface area contributed by atoms with Crippen molar-refractivity contribution in [1.29, 1.82) is 0 Å². The summed E-state index contributed by atoms with van der Waals surface area (Å²) in [5.41, 5.74) is 0. The zero-order chi connectivity index (χ0) is 50.6. The molecule has 0 spiro atoms. The number of aliphatic hydroxyl groups excluding tert-OH is 1. The van der Waals surface area contributed by atoms with Gasteiger partial charge in [-0.2, -0.15) is 0 Å². The van der Waals surface area contributed by atoms with Crippen LogP contribution in [0.3, 0.4) is 0 Å². The van der Waals surface area contributed by atoms with E-state index in [2.05, 4.69) is 55.6 Å². The number of amides is 1. The van der Waals surface area contributed by atoms with E-state index in [1.54, 1.807) is 6.08 Å². The highest BCUT2D eigenvalue weighted by Crippen LogP contribution is 2.38. The van der Waals surface area contributed by atoms with Crippen molar-refractivity contribution < 1.29 is 32.9 Å². The van der Waals surface area contributed by atoms with E-state index in [0.29, 0.717) is 17.4 Å². The van der Waals surface area contributed by atoms with Crippen LogP contribution < -0.4 is 10.2 Å². The standard InChI is InChI=1S/C60H115N2O6P/c1-6-8-10-12-14-16-18-20-22-24-26-28-30-32-33-35-37-39-41-43-45-47-49-51-53-59(63)58(57-68-69(65,66)67-56-55-62(3,4)5)61-60(64)54-52-50-48-46-44-42-40-38-36-34-31-29-27-25-23-21-19-17-15-13-11-9-7-2/h34-37,43,45,51,53,58-59,63H,6-33,38-42,44,46-50,52,54-57H2,1-5H3,(H-,61,64,65,66)/b36-34-,37-35+,45-43+,53-51+. The molecule has 0 aliphatic heterocycles. The summed E-state index contributed by atoms with van der Waals surface area (Å²) in [6, 6.07) is -0.913. The minimum Gasteiger partial charge on any atom is -0.756 e. The van der Waals surface area contributed by atoms with Gasteiger partial charge in [0, 0.05) is 6.42 Å². The Bertz CT molecular complexity index is 1260. The summed E-state index contributed by atoms with van der Waals surface area (Å²) in [4.78, 5) is 25.5. The van der Waals surface area contributed by atoms with Crippen molar-refractivity contribution in [2.24, 2.45) is 0 Å². The number of hydrogen-bond donors (Lipinski definition) is 2. The van der Waals surface area contributed by atoms with Gasteiger partial charge in [-0.25, -0.2) is 0 Å². The van der Waals surface area contributed by atoms with Crippen molar-refractivity contribution in [2.75, 3.05) is 40.9 Å². The molecule has 0 aromatic carbocycles. The number of rotatable bonds is 54. The SMILES string of the molecule is CCCCCCCCCCCCCC/C=C\CCCCCCCCCC(=O)NC(COP(=O)([O-])OCC[N+](C)(C)C)C(O)/C=C/CC/C=C/CC/C=C/CCCCCCCCCCCCCCCC. The molecule has 0 rings (SSSR count). The summed E-state index contributed by atoms with van der Waals surface area (Å²) in [7, 11) is 1.24. The molecule has 0 saturated carbocycles. The lowest BCUT2D eigenvalue weighted by atomic mass is 10.0. The van der Waals surface area contributed by atoms with Crippen LogP contribution >= 0.6 is 7.82 Å². The number of phosphoric ester groups is 1. The third-order valence-corrected chi connectivity index (χ3v) is 14.2. The van der Waals surface area contributed by atoms with Gasteiger partial charge in [-0.15, -0.1) is 0 Å². The highest BCUT2D eigenvalue weighted by molar-refractivity contribution is 7.45. The average Bonchev–Trinajstić information content (AvgIpc) is 3.31. The van der Waals surface area contributed by atoms with Crippen molar-refractivity contribution in [3.8, 4) is 0 Å². The number of quaternary nitrogens is 1. The van der Waals surface area contributed by atoms with Crippen molar-refractivity contribution in [3.63, 3.8) is 0 Å². The maximum Gasteiger partial charge on any atom is 0.268 e. The van der Waals surface area contributed by atoms with Crippen LogP contribution in [0.25, 0.3) is 0 Å². The largest absolute Gasteiger partial charge is 0.756 e. The lowest BCUT2D eigenvalue weighted by molar-refractivity contribution is -0.870. The second-order valence-corrected chi connectivity index (χ2v) is 22.7. The number of allylic oxidation sites excluding steroid dienone is 7. The second kappa shape index (κ2) is 51.4. The highest BCUT2D eigenvalue weighted by atomic mass is 31.2. The number of carbonyl (C=O) groups excluding carboxylic acids is 1. The van der Waals surface area contributed by atoms with Crippen LogP contribution in [0.2, 0.25) is 0 Å². The fourth-order valence-electron chi connectivity index (χ4n) is 8.59. The van der Waals surface area contributed by atoms with Gasteiger partial charge in [0.2, 0.25) is 5.91 Å². The molecule has 9 heteroatoms. The van der Waals surface area contributed by atoms with Gasteiger partial charge in [0.1, 0.15) is 13.2 Å². The Morgan fingerprint density at radius 1 is 0.493 bits per heavy atom. The molecular formula is C60H115N2O6P. The smallest absolute Gasteiger partial charge is 0.268 e. The minimum atomic E-state index is -4.61. The summed E-state index contributed by atoms with van der Waals surface area (Å²) in [6.45, 7) is 4.65. The Morgan fingerprint density at radius 2 is 0.812 bits per heavy atom. The fraction of sp³-hybridized carbons (Fsp3) is 0.850. The van der Waals surface area contributed by atoms with Crippen LogP contribution in [0.5, 0.6) is 0 Å². The Morgan fingerprint density at radius 3 is 1.17 bits per heavy atom. The van der Waals surface area contributed by atoms with Crippen molar-refractivity contribution in [3.05, 3.63) is 48.6 Å². The van der Waals surface area contributed by atoms with E-state index >= 15 is 0 Å². The molecular weight excluding hydrogens is 876 g/mol. The van der Waals surface area contributed by atoms with Gasteiger partial charge in [-0.3, -0.25) is 9.36 Å². The number of nitrogens with one attached hydrogen (secondary N) is 1. The van der Waals surface area contributed by atoms with E-state index < -0.39 is 26.6 Å². The van der Waals surface area contributed by atoms with Crippen molar-refractivity contribution in [1.82, 2.24) is 5.32 Å². The number of likely N-dealkylation sites (N-methyl/N-ethyl adjacent to an activating group) is 1. The predicted molar refractivity (Wildman–Crippen MR) is 298 cm³/mol. The Labute approximate surface area is 429 Å². The van der Waals surface area contributed by atoms with Gasteiger partial charge in [0.05, 0.1) is 39.9 Å². The molecule has 0 aromatic heterocycles. The number of nitrogens with zero attached hydrogens (tertiary/aromatic N) is 1. The number of hydrogen-bond acceptors (Lipinski definition) is 6. The van der Waals surface area contributed by atoms with E-state index in [9.17, 15) is 19.4 Å². The lowest BCUT2D eigenvalue weighted by Crippen LogP contribution is -2.45. The summed E-state index contributed by atoms with van der Waals surface area (Å²) in [5.74, 6) is -0.213. The van der Waals surface area contributed by atoms with Crippen LogP contribution in [-0.2, 0) is 18.4 Å². The first-order valence-corrected chi connectivity index (χ1v) is 31.0. The molecule has 2 N–H and O–H groups in total. The van der Waals surface area contributed by atoms with E-state index in [1.807, 2.05) is 27.2 Å². The van der Waals surface area contributed by atoms with E-state index in [4.69, 9.17) is 9.05 Å². The summed E-state index contributed by atoms with van der Waals surface area (Å²) in [5, 5.41) is 13.9. The topological polar surface area (TPSA) is 108 Å². The van der Waals surface area contributed by atoms with Gasteiger partial charge in [0.25, 0.3) is 7.82 Å². The molecule has 406 valence electrons. The number of carbonyl (C=O) groups is 1. The van der Waals surface area contributed by atoms with Gasteiger partial charge < -0.3 is 28.8 Å². The van der Waals surface area contributed by atoms with Crippen molar-refractivity contribution in [2.45, 2.75) is 289 Å². The number of unbranched alkanes of at least 4 members (excludes halogenated alkanes) is 35. The molecule has 0 saturated heterocycles. The zero-order valence-electron chi connectivity index (χ0n) is 46.3. The van der Waals surface area contributed by atoms with Gasteiger partial charge >= 0.3 is 0 Å². The molecule has 0 aromatic rings. The normalized spacial score (nSPS) is 14.2. The molecule has 3 atom stereocenters. The van der Waals surface area contributed by atoms with E-state index in [0.717, 1.165) is 44.9 Å². The maximum absolute atomic E-state index is 13.0. The third-order valence-electron chi connectivity index (χ3n) is 13.2. The number of aliphatic hydroxyl groups is 1. The Balaban J connectivity index is 4.28. The monoisotopic (exact) mass is 991 g/mol. The Hall–Kier alpha value is -1.54. The molecule has 1 amide bonds. The average molecular weight is 992 g/mol. The van der Waals surface area contributed by atoms with Gasteiger partial charge in [-0.1, -0.05) is 249 Å². The quantitative estimate of drug-likeness (QED) is 0.0272. The zero-order valence-corrected chi connectivity index (χ0v) is 47.2. The molecule has 0 radical (unpaired) electrons. The second-order valence-electron chi connectivity index (χ2n) is 21.3. The first-order valence-electron chi connectivity index (χ1n) is 29.5. The molecule has 0 aliphatic rings. The van der Waals surface area contributed by atoms with Crippen LogP contribution in [0.4, 0.5) is 0 Å². The molecule has 0 heterocycles. The molecule has 0 bridgehead atoms. The highest BCUT2D eigenvalue weighted by Gasteiger charge is 2.23. The summed E-state index contributed by atoms with van der Waals surface area (Å²) >= 11 is 0. The van der Waals surface area contributed by atoms with Crippen LogP contribution in [-0.4, -0.2) is 68.5 Å². The summed E-state index contributed by atoms with van der Waals surface area (Å²) < 4.78 is 23.3. The van der Waals surface area contributed by atoms with Gasteiger partial charge in [0.15, 0.2) is 0 Å². The molecule has 3 unspecified atom stereocenters. The first kappa shape index (κ1) is 67.5. The Kier molecular flexibility index (Phi) is 50.2.